The van der Waals surface area contributed by atoms with Crippen molar-refractivity contribution in [1.29, 1.82) is 0 Å². The van der Waals surface area contributed by atoms with E-state index in [0.29, 0.717) is 5.57 Å². The minimum atomic E-state index is -0.375. The summed E-state index contributed by atoms with van der Waals surface area (Å²) in [6, 6.07) is 10.5. The summed E-state index contributed by atoms with van der Waals surface area (Å²) in [4.78, 5) is 12.0. The molecule has 2 aromatic rings. The number of thiophene rings is 1. The fraction of sp³-hybridized carbons (Fsp3) is 0.133. The second kappa shape index (κ2) is 5.19. The number of nitrogens with two attached hydrogens (primary N) is 1. The Morgan fingerprint density at radius 3 is 2.50 bits per heavy atom. The van der Waals surface area contributed by atoms with Gasteiger partial charge in [0.2, 0.25) is 5.91 Å². The number of hydrogen-bond donors (Lipinski definition) is 1. The molecule has 18 heavy (non-hydrogen) atoms. The van der Waals surface area contributed by atoms with Crippen LogP contribution >= 0.6 is 11.3 Å². The SMILES string of the molecule is C/C(=C\c1cc(-c2ccc(C)cc2)cs1)C(N)=O. The molecule has 0 radical (unpaired) electrons. The van der Waals surface area contributed by atoms with Gasteiger partial charge in [0.05, 0.1) is 0 Å². The molecule has 0 aliphatic rings. The molecule has 2 N–H and O–H groups in total. The van der Waals surface area contributed by atoms with Gasteiger partial charge in [0.25, 0.3) is 0 Å². The van der Waals surface area contributed by atoms with Crippen molar-refractivity contribution < 1.29 is 4.79 Å². The smallest absolute Gasteiger partial charge is 0.244 e. The Hall–Kier alpha value is -1.87. The first-order chi connectivity index (χ1) is 8.56. The highest BCUT2D eigenvalue weighted by atomic mass is 32.1. The monoisotopic (exact) mass is 257 g/mol. The third-order valence-corrected chi connectivity index (χ3v) is 3.63. The second-order valence-electron chi connectivity index (χ2n) is 4.30. The van der Waals surface area contributed by atoms with Gasteiger partial charge in [-0.1, -0.05) is 29.8 Å². The maximum atomic E-state index is 11.0. The van der Waals surface area contributed by atoms with Crippen LogP contribution in [0.4, 0.5) is 0 Å². The predicted molar refractivity (Wildman–Crippen MR) is 77.3 cm³/mol. The Morgan fingerprint density at radius 2 is 1.89 bits per heavy atom. The van der Waals surface area contributed by atoms with Crippen LogP contribution in [-0.4, -0.2) is 5.91 Å². The van der Waals surface area contributed by atoms with Crippen LogP contribution in [0.15, 0.2) is 41.3 Å². The zero-order valence-electron chi connectivity index (χ0n) is 10.4. The van der Waals surface area contributed by atoms with Gasteiger partial charge in [0, 0.05) is 10.5 Å². The van der Waals surface area contributed by atoms with Crippen LogP contribution in [0.25, 0.3) is 17.2 Å². The molecule has 0 atom stereocenters. The highest BCUT2D eigenvalue weighted by Gasteiger charge is 2.03. The summed E-state index contributed by atoms with van der Waals surface area (Å²) in [5.41, 5.74) is 9.40. The molecule has 0 bridgehead atoms. The highest BCUT2D eigenvalue weighted by molar-refractivity contribution is 7.11. The minimum Gasteiger partial charge on any atom is -0.366 e. The molecular weight excluding hydrogens is 242 g/mol. The zero-order valence-corrected chi connectivity index (χ0v) is 11.3. The molecule has 0 aliphatic heterocycles. The number of rotatable bonds is 3. The van der Waals surface area contributed by atoms with Gasteiger partial charge in [-0.05, 0) is 42.5 Å². The van der Waals surface area contributed by atoms with Crippen molar-refractivity contribution in [3.05, 3.63) is 51.7 Å². The van der Waals surface area contributed by atoms with E-state index in [4.69, 9.17) is 5.73 Å². The lowest BCUT2D eigenvalue weighted by molar-refractivity contribution is -0.114. The Morgan fingerprint density at radius 1 is 1.22 bits per heavy atom. The van der Waals surface area contributed by atoms with Crippen LogP contribution in [0.2, 0.25) is 0 Å². The lowest BCUT2D eigenvalue weighted by Gasteiger charge is -1.97. The average Bonchev–Trinajstić information content (AvgIpc) is 2.78. The van der Waals surface area contributed by atoms with E-state index in [9.17, 15) is 4.79 Å². The van der Waals surface area contributed by atoms with E-state index < -0.39 is 0 Å². The summed E-state index contributed by atoms with van der Waals surface area (Å²) in [5, 5.41) is 2.09. The van der Waals surface area contributed by atoms with E-state index >= 15 is 0 Å². The van der Waals surface area contributed by atoms with Crippen molar-refractivity contribution in [2.45, 2.75) is 13.8 Å². The zero-order chi connectivity index (χ0) is 13.1. The molecule has 0 saturated carbocycles. The lowest BCUT2D eigenvalue weighted by Crippen LogP contribution is -2.11. The van der Waals surface area contributed by atoms with Crippen LogP contribution in [0.5, 0.6) is 0 Å². The molecule has 1 aromatic carbocycles. The van der Waals surface area contributed by atoms with Gasteiger partial charge < -0.3 is 5.73 Å². The van der Waals surface area contributed by atoms with Crippen LogP contribution in [0, 0.1) is 6.92 Å². The number of amides is 1. The van der Waals surface area contributed by atoms with E-state index in [1.165, 1.54) is 16.7 Å². The number of carbonyl (C=O) groups is 1. The van der Waals surface area contributed by atoms with Gasteiger partial charge in [-0.15, -0.1) is 11.3 Å². The van der Waals surface area contributed by atoms with E-state index in [2.05, 4.69) is 42.6 Å². The molecule has 2 nitrogen and oxygen atoms in total. The van der Waals surface area contributed by atoms with Gasteiger partial charge in [0.1, 0.15) is 0 Å². The van der Waals surface area contributed by atoms with Gasteiger partial charge in [0.15, 0.2) is 0 Å². The number of aryl methyl sites for hydroxylation is 1. The van der Waals surface area contributed by atoms with Gasteiger partial charge in [-0.2, -0.15) is 0 Å². The van der Waals surface area contributed by atoms with Crippen molar-refractivity contribution in [2.24, 2.45) is 5.73 Å². The summed E-state index contributed by atoms with van der Waals surface area (Å²) in [6.45, 7) is 3.80. The Balaban J connectivity index is 2.28. The standard InChI is InChI=1S/C15H15NOS/c1-10-3-5-12(6-4-10)13-8-14(18-9-13)7-11(2)15(16)17/h3-9H,1-2H3,(H2,16,17)/b11-7+. The molecule has 0 saturated heterocycles. The van der Waals surface area contributed by atoms with Gasteiger partial charge >= 0.3 is 0 Å². The number of primary amides is 1. The molecule has 2 rings (SSSR count). The van der Waals surface area contributed by atoms with Crippen molar-refractivity contribution >= 4 is 23.3 Å². The average molecular weight is 257 g/mol. The summed E-state index contributed by atoms with van der Waals surface area (Å²) in [7, 11) is 0. The molecule has 1 amide bonds. The molecular formula is C15H15NOS. The number of hydrogen-bond acceptors (Lipinski definition) is 2. The third kappa shape index (κ3) is 2.87. The van der Waals surface area contributed by atoms with E-state index in [1.54, 1.807) is 18.3 Å². The second-order valence-corrected chi connectivity index (χ2v) is 5.24. The summed E-state index contributed by atoms with van der Waals surface area (Å²) in [5.74, 6) is -0.375. The normalized spacial score (nSPS) is 11.6. The van der Waals surface area contributed by atoms with Crippen molar-refractivity contribution in [3.63, 3.8) is 0 Å². The van der Waals surface area contributed by atoms with Gasteiger partial charge in [-0.3, -0.25) is 4.79 Å². The Labute approximate surface area is 111 Å². The first-order valence-electron chi connectivity index (χ1n) is 5.70. The fourth-order valence-electron chi connectivity index (χ4n) is 1.61. The van der Waals surface area contributed by atoms with Crippen molar-refractivity contribution in [3.8, 4) is 11.1 Å². The van der Waals surface area contributed by atoms with Crippen molar-refractivity contribution in [2.75, 3.05) is 0 Å². The van der Waals surface area contributed by atoms with Crippen LogP contribution in [0.1, 0.15) is 17.4 Å². The van der Waals surface area contributed by atoms with Crippen LogP contribution < -0.4 is 5.73 Å². The lowest BCUT2D eigenvalue weighted by atomic mass is 10.1. The number of carbonyl (C=O) groups excluding carboxylic acids is 1. The molecule has 0 aliphatic carbocycles. The molecule has 0 spiro atoms. The quantitative estimate of drug-likeness (QED) is 0.839. The van der Waals surface area contributed by atoms with E-state index in [-0.39, 0.29) is 5.91 Å². The number of benzene rings is 1. The summed E-state index contributed by atoms with van der Waals surface area (Å²) < 4.78 is 0. The molecule has 0 fully saturated rings. The minimum absolute atomic E-state index is 0.375. The van der Waals surface area contributed by atoms with E-state index in [1.807, 2.05) is 6.08 Å². The molecule has 92 valence electrons. The fourth-order valence-corrected chi connectivity index (χ4v) is 2.52. The summed E-state index contributed by atoms with van der Waals surface area (Å²) >= 11 is 1.61. The van der Waals surface area contributed by atoms with Crippen LogP contribution in [-0.2, 0) is 4.79 Å². The molecule has 1 heterocycles. The topological polar surface area (TPSA) is 43.1 Å². The Bertz CT molecular complexity index is 593. The summed E-state index contributed by atoms with van der Waals surface area (Å²) in [6.07, 6.45) is 1.82. The van der Waals surface area contributed by atoms with E-state index in [0.717, 1.165) is 4.88 Å². The van der Waals surface area contributed by atoms with Crippen molar-refractivity contribution in [1.82, 2.24) is 0 Å². The highest BCUT2D eigenvalue weighted by Crippen LogP contribution is 2.27. The predicted octanol–water partition coefficient (Wildman–Crippen LogP) is 3.61. The third-order valence-electron chi connectivity index (χ3n) is 2.75. The first kappa shape index (κ1) is 12.6. The molecule has 3 heteroatoms. The largest absolute Gasteiger partial charge is 0.366 e. The maximum Gasteiger partial charge on any atom is 0.244 e. The molecule has 1 aromatic heterocycles. The molecule has 0 unspecified atom stereocenters. The van der Waals surface area contributed by atoms with Crippen LogP contribution in [0.3, 0.4) is 0 Å². The van der Waals surface area contributed by atoms with Gasteiger partial charge in [-0.25, -0.2) is 0 Å². The maximum absolute atomic E-state index is 11.0. The first-order valence-corrected chi connectivity index (χ1v) is 6.58. The Kier molecular flexibility index (Phi) is 3.63.